The van der Waals surface area contributed by atoms with E-state index in [1.54, 1.807) is 5.19 Å². The number of alkyl halides is 1. The average molecular weight is 287 g/mol. The second-order valence-corrected chi connectivity index (χ2v) is 10.8. The van der Waals surface area contributed by atoms with Crippen LogP contribution >= 0.6 is 11.6 Å². The van der Waals surface area contributed by atoms with E-state index in [2.05, 4.69) is 54.6 Å². The lowest BCUT2D eigenvalue weighted by molar-refractivity contribution is 0.935. The summed E-state index contributed by atoms with van der Waals surface area (Å²) in [6.07, 6.45) is 2.75. The molecule has 0 bridgehead atoms. The highest BCUT2D eigenvalue weighted by Crippen LogP contribution is 2.31. The average Bonchev–Trinajstić information content (AvgIpc) is 2.98. The lowest BCUT2D eigenvalue weighted by Crippen LogP contribution is -2.47. The molecule has 98 valence electrons. The molecule has 19 heavy (non-hydrogen) atoms. The summed E-state index contributed by atoms with van der Waals surface area (Å²) in [5, 5.41) is 1.56. The first kappa shape index (κ1) is 13.0. The molecule has 1 aliphatic rings. The molecule has 2 heteroatoms. The fourth-order valence-corrected chi connectivity index (χ4v) is 8.44. The molecule has 2 aromatic carbocycles. The van der Waals surface area contributed by atoms with Gasteiger partial charge in [0.15, 0.2) is 0 Å². The van der Waals surface area contributed by atoms with Gasteiger partial charge in [0.2, 0.25) is 0 Å². The van der Waals surface area contributed by atoms with Crippen molar-refractivity contribution in [3.8, 4) is 11.1 Å². The summed E-state index contributed by atoms with van der Waals surface area (Å²) >= 11 is 6.32. The van der Waals surface area contributed by atoms with E-state index in [1.807, 2.05) is 0 Å². The van der Waals surface area contributed by atoms with Gasteiger partial charge in [0.25, 0.3) is 0 Å². The lowest BCUT2D eigenvalue weighted by atomic mass is 10.1. The Bertz CT molecular complexity index is 527. The van der Waals surface area contributed by atoms with Gasteiger partial charge in [-0.3, -0.25) is 0 Å². The summed E-state index contributed by atoms with van der Waals surface area (Å²) in [6.45, 7) is 0. The van der Waals surface area contributed by atoms with Gasteiger partial charge < -0.3 is 0 Å². The Balaban J connectivity index is 1.91. The van der Waals surface area contributed by atoms with Crippen LogP contribution in [0.5, 0.6) is 0 Å². The first-order valence-corrected chi connectivity index (χ1v) is 10.2. The van der Waals surface area contributed by atoms with E-state index in [9.17, 15) is 0 Å². The predicted molar refractivity (Wildman–Crippen MR) is 86.8 cm³/mol. The Kier molecular flexibility index (Phi) is 3.76. The van der Waals surface area contributed by atoms with Crippen molar-refractivity contribution in [2.24, 2.45) is 0 Å². The maximum atomic E-state index is 6.32. The molecule has 1 fully saturated rings. The Morgan fingerprint density at radius 2 is 1.37 bits per heavy atom. The Hall–Kier alpha value is -1.05. The molecular formula is C17H19ClSi. The van der Waals surface area contributed by atoms with Gasteiger partial charge >= 0.3 is 0 Å². The number of hydrogen-bond donors (Lipinski definition) is 0. The first-order chi connectivity index (χ1) is 9.34. The number of benzene rings is 2. The smallest absolute Gasteiger partial charge is 0.102 e. The van der Waals surface area contributed by atoms with Crippen molar-refractivity contribution in [3.05, 3.63) is 54.6 Å². The van der Waals surface area contributed by atoms with Crippen molar-refractivity contribution in [1.29, 1.82) is 0 Å². The van der Waals surface area contributed by atoms with Gasteiger partial charge in [-0.25, -0.2) is 0 Å². The van der Waals surface area contributed by atoms with Crippen LogP contribution in [0.25, 0.3) is 11.1 Å². The number of rotatable bonds is 3. The maximum Gasteiger partial charge on any atom is 0.102 e. The van der Waals surface area contributed by atoms with E-state index in [0.717, 1.165) is 5.50 Å². The quantitative estimate of drug-likeness (QED) is 0.572. The molecule has 0 nitrogen and oxygen atoms in total. The third-order valence-corrected chi connectivity index (χ3v) is 10.6. The third-order valence-electron chi connectivity index (χ3n) is 4.42. The number of halogens is 1. The van der Waals surface area contributed by atoms with Gasteiger partial charge in [-0.1, -0.05) is 84.7 Å². The highest BCUT2D eigenvalue weighted by Gasteiger charge is 2.37. The summed E-state index contributed by atoms with van der Waals surface area (Å²) < 4.78 is 0. The monoisotopic (exact) mass is 286 g/mol. The van der Waals surface area contributed by atoms with Crippen molar-refractivity contribution in [2.75, 3.05) is 5.50 Å². The molecule has 0 saturated carbocycles. The van der Waals surface area contributed by atoms with Crippen molar-refractivity contribution in [3.63, 3.8) is 0 Å². The zero-order valence-corrected chi connectivity index (χ0v) is 12.9. The third kappa shape index (κ3) is 2.50. The predicted octanol–water partition coefficient (Wildman–Crippen LogP) is 4.58. The summed E-state index contributed by atoms with van der Waals surface area (Å²) in [5.74, 6) is 0. The lowest BCUT2D eigenvalue weighted by Gasteiger charge is -2.24. The van der Waals surface area contributed by atoms with E-state index in [4.69, 9.17) is 11.6 Å². The van der Waals surface area contributed by atoms with Crippen molar-refractivity contribution < 1.29 is 0 Å². The second-order valence-electron chi connectivity index (χ2n) is 5.56. The Morgan fingerprint density at radius 1 is 0.789 bits per heavy atom. The molecule has 0 aromatic heterocycles. The van der Waals surface area contributed by atoms with Crippen LogP contribution in [0.1, 0.15) is 12.8 Å². The van der Waals surface area contributed by atoms with Crippen LogP contribution in [0, 0.1) is 0 Å². The zero-order valence-electron chi connectivity index (χ0n) is 11.1. The van der Waals surface area contributed by atoms with E-state index in [-0.39, 0.29) is 0 Å². The van der Waals surface area contributed by atoms with Crippen LogP contribution in [0.4, 0.5) is 0 Å². The topological polar surface area (TPSA) is 0 Å². The van der Waals surface area contributed by atoms with Gasteiger partial charge in [0, 0.05) is 5.50 Å². The largest absolute Gasteiger partial charge is 0.130 e. The van der Waals surface area contributed by atoms with E-state index >= 15 is 0 Å². The molecule has 0 aliphatic carbocycles. The molecule has 1 heterocycles. The summed E-state index contributed by atoms with van der Waals surface area (Å²) in [5.41, 5.74) is 3.49. The van der Waals surface area contributed by atoms with Crippen LogP contribution < -0.4 is 5.19 Å². The van der Waals surface area contributed by atoms with Crippen LogP contribution in [0.3, 0.4) is 0 Å². The van der Waals surface area contributed by atoms with Crippen molar-refractivity contribution in [1.82, 2.24) is 0 Å². The van der Waals surface area contributed by atoms with Gasteiger partial charge in [0.05, 0.1) is 0 Å². The molecule has 0 spiro atoms. The van der Waals surface area contributed by atoms with E-state index in [1.165, 1.54) is 36.1 Å². The maximum absolute atomic E-state index is 6.32. The fraction of sp³-hybridized carbons (Fsp3) is 0.294. The summed E-state index contributed by atoms with van der Waals surface area (Å²) in [4.78, 5) is 0. The Labute approximate surface area is 121 Å². The van der Waals surface area contributed by atoms with Gasteiger partial charge in [0.1, 0.15) is 8.07 Å². The van der Waals surface area contributed by atoms with Gasteiger partial charge in [-0.2, -0.15) is 0 Å². The fourth-order valence-electron chi connectivity index (χ4n) is 3.20. The molecule has 1 saturated heterocycles. The minimum atomic E-state index is -1.34. The van der Waals surface area contributed by atoms with Crippen LogP contribution in [0.2, 0.25) is 12.1 Å². The Morgan fingerprint density at radius 3 is 1.95 bits per heavy atom. The number of hydrogen-bond acceptors (Lipinski definition) is 0. The van der Waals surface area contributed by atoms with Gasteiger partial charge in [-0.15, -0.1) is 11.6 Å². The molecule has 0 N–H and O–H groups in total. The molecule has 0 amide bonds. The molecule has 1 aliphatic heterocycles. The molecule has 2 aromatic rings. The highest BCUT2D eigenvalue weighted by atomic mass is 35.5. The van der Waals surface area contributed by atoms with Crippen molar-refractivity contribution >= 4 is 24.9 Å². The molecule has 0 atom stereocenters. The molecular weight excluding hydrogens is 268 g/mol. The van der Waals surface area contributed by atoms with E-state index < -0.39 is 8.07 Å². The zero-order chi connectivity index (χ0) is 13.1. The van der Waals surface area contributed by atoms with E-state index in [0.29, 0.717) is 0 Å². The minimum Gasteiger partial charge on any atom is -0.130 e. The first-order valence-electron chi connectivity index (χ1n) is 7.06. The molecule has 3 rings (SSSR count). The van der Waals surface area contributed by atoms with Crippen LogP contribution in [0.15, 0.2) is 54.6 Å². The second kappa shape index (κ2) is 5.52. The SMILES string of the molecule is ClC[Si]1(c2ccc(-c3ccccc3)cc2)CCCC1. The molecule has 0 radical (unpaired) electrons. The van der Waals surface area contributed by atoms with Crippen LogP contribution in [-0.4, -0.2) is 13.6 Å². The van der Waals surface area contributed by atoms with Crippen molar-refractivity contribution in [2.45, 2.75) is 24.9 Å². The minimum absolute atomic E-state index is 0.887. The normalized spacial score (nSPS) is 17.5. The summed E-state index contributed by atoms with van der Waals surface area (Å²) in [6, 6.07) is 22.5. The highest BCUT2D eigenvalue weighted by molar-refractivity contribution is 6.96. The molecule has 0 unspecified atom stereocenters. The standard InChI is InChI=1S/C17H19ClSi/c18-14-19(12-4-5-13-19)17-10-8-16(9-11-17)15-6-2-1-3-7-15/h1-3,6-11H,4-5,12-14H2. The van der Waals surface area contributed by atoms with Gasteiger partial charge in [-0.05, 0) is 11.1 Å². The van der Waals surface area contributed by atoms with Crippen LogP contribution in [-0.2, 0) is 0 Å². The summed E-state index contributed by atoms with van der Waals surface area (Å²) in [7, 11) is -1.34.